The maximum absolute atomic E-state index is 12.3. The lowest BCUT2D eigenvalue weighted by Gasteiger charge is -2.33. The van der Waals surface area contributed by atoms with Gasteiger partial charge in [-0.2, -0.15) is 13.2 Å². The highest BCUT2D eigenvalue weighted by atomic mass is 19.4. The van der Waals surface area contributed by atoms with Gasteiger partial charge in [0.05, 0.1) is 12.0 Å². The van der Waals surface area contributed by atoms with Crippen molar-refractivity contribution in [2.75, 3.05) is 13.1 Å². The van der Waals surface area contributed by atoms with Crippen LogP contribution in [0.15, 0.2) is 0 Å². The quantitative estimate of drug-likeness (QED) is 0.803. The second-order valence-electron chi connectivity index (χ2n) is 4.80. The third kappa shape index (κ3) is 5.34. The van der Waals surface area contributed by atoms with Gasteiger partial charge in [0.1, 0.15) is 0 Å². The fraction of sp³-hybridized carbons (Fsp3) is 0.900. The zero-order chi connectivity index (χ0) is 13.1. The maximum Gasteiger partial charge on any atom is 0.401 e. The zero-order valence-corrected chi connectivity index (χ0v) is 9.93. The lowest BCUT2D eigenvalue weighted by molar-refractivity contribution is -0.161. The third-order valence-electron chi connectivity index (χ3n) is 2.29. The van der Waals surface area contributed by atoms with E-state index in [0.29, 0.717) is 0 Å². The molecule has 0 aliphatic rings. The molecule has 0 aromatic rings. The highest BCUT2D eigenvalue weighted by Gasteiger charge is 2.36. The van der Waals surface area contributed by atoms with Crippen LogP contribution in [0.5, 0.6) is 0 Å². The van der Waals surface area contributed by atoms with Crippen molar-refractivity contribution >= 4 is 5.97 Å². The third-order valence-corrected chi connectivity index (χ3v) is 2.29. The molecule has 0 bridgehead atoms. The number of alkyl halides is 3. The van der Waals surface area contributed by atoms with E-state index in [2.05, 4.69) is 0 Å². The molecule has 0 spiro atoms. The molecule has 0 saturated carbocycles. The summed E-state index contributed by atoms with van der Waals surface area (Å²) >= 11 is 0. The average Bonchev–Trinajstić information content (AvgIpc) is 1.99. The summed E-state index contributed by atoms with van der Waals surface area (Å²) in [5, 5.41) is 8.86. The number of hydrogen-bond acceptors (Lipinski definition) is 2. The SMILES string of the molecule is CC(C)N(CC(F)(F)F)CC(C)(C)C(=O)O. The molecule has 96 valence electrons. The van der Waals surface area contributed by atoms with Gasteiger partial charge in [-0.05, 0) is 27.7 Å². The average molecular weight is 241 g/mol. The van der Waals surface area contributed by atoms with Crippen LogP contribution in [0.1, 0.15) is 27.7 Å². The molecule has 0 aliphatic heterocycles. The maximum atomic E-state index is 12.3. The van der Waals surface area contributed by atoms with E-state index in [4.69, 9.17) is 5.11 Å². The fourth-order valence-electron chi connectivity index (χ4n) is 1.23. The first-order valence-electron chi connectivity index (χ1n) is 5.00. The fourth-order valence-corrected chi connectivity index (χ4v) is 1.23. The molecule has 0 aromatic heterocycles. The first-order valence-corrected chi connectivity index (χ1v) is 5.00. The monoisotopic (exact) mass is 241 g/mol. The van der Waals surface area contributed by atoms with Crippen LogP contribution in [-0.2, 0) is 4.79 Å². The second kappa shape index (κ2) is 5.03. The minimum atomic E-state index is -4.31. The number of halogens is 3. The van der Waals surface area contributed by atoms with Gasteiger partial charge in [0.2, 0.25) is 0 Å². The van der Waals surface area contributed by atoms with Gasteiger partial charge in [-0.25, -0.2) is 0 Å². The molecule has 6 heteroatoms. The first-order chi connectivity index (χ1) is 6.96. The Kier molecular flexibility index (Phi) is 4.79. The Morgan fingerprint density at radius 2 is 1.69 bits per heavy atom. The van der Waals surface area contributed by atoms with Gasteiger partial charge in [-0.3, -0.25) is 9.69 Å². The zero-order valence-electron chi connectivity index (χ0n) is 9.93. The Balaban J connectivity index is 4.65. The van der Waals surface area contributed by atoms with E-state index in [-0.39, 0.29) is 12.6 Å². The minimum Gasteiger partial charge on any atom is -0.481 e. The summed E-state index contributed by atoms with van der Waals surface area (Å²) < 4.78 is 36.8. The van der Waals surface area contributed by atoms with Crippen molar-refractivity contribution in [1.82, 2.24) is 4.90 Å². The minimum absolute atomic E-state index is 0.125. The molecule has 0 aromatic carbocycles. The molecule has 0 amide bonds. The van der Waals surface area contributed by atoms with Crippen LogP contribution >= 0.6 is 0 Å². The molecule has 0 saturated heterocycles. The van der Waals surface area contributed by atoms with Crippen molar-refractivity contribution in [2.45, 2.75) is 39.9 Å². The highest BCUT2D eigenvalue weighted by molar-refractivity contribution is 5.73. The van der Waals surface area contributed by atoms with E-state index in [9.17, 15) is 18.0 Å². The Morgan fingerprint density at radius 1 is 1.25 bits per heavy atom. The number of carboxylic acids is 1. The molecule has 0 radical (unpaired) electrons. The Labute approximate surface area is 93.2 Å². The van der Waals surface area contributed by atoms with E-state index >= 15 is 0 Å². The van der Waals surface area contributed by atoms with E-state index in [1.54, 1.807) is 13.8 Å². The summed E-state index contributed by atoms with van der Waals surface area (Å²) in [6.45, 7) is 4.86. The number of hydrogen-bond donors (Lipinski definition) is 1. The summed E-state index contributed by atoms with van der Waals surface area (Å²) in [7, 11) is 0. The largest absolute Gasteiger partial charge is 0.481 e. The molecule has 3 nitrogen and oxygen atoms in total. The van der Waals surface area contributed by atoms with Gasteiger partial charge < -0.3 is 5.11 Å². The van der Waals surface area contributed by atoms with Crippen molar-refractivity contribution in [1.29, 1.82) is 0 Å². The van der Waals surface area contributed by atoms with Crippen molar-refractivity contribution in [2.24, 2.45) is 5.41 Å². The van der Waals surface area contributed by atoms with Gasteiger partial charge >= 0.3 is 12.1 Å². The van der Waals surface area contributed by atoms with Crippen LogP contribution in [-0.4, -0.2) is 41.3 Å². The Morgan fingerprint density at radius 3 is 1.94 bits per heavy atom. The van der Waals surface area contributed by atoms with Crippen LogP contribution in [0.25, 0.3) is 0 Å². The van der Waals surface area contributed by atoms with Crippen molar-refractivity contribution < 1.29 is 23.1 Å². The molecule has 0 atom stereocenters. The topological polar surface area (TPSA) is 40.5 Å². The van der Waals surface area contributed by atoms with Crippen molar-refractivity contribution in [3.05, 3.63) is 0 Å². The van der Waals surface area contributed by atoms with Gasteiger partial charge in [0.15, 0.2) is 0 Å². The highest BCUT2D eigenvalue weighted by Crippen LogP contribution is 2.23. The molecule has 0 fully saturated rings. The van der Waals surface area contributed by atoms with Gasteiger partial charge in [-0.15, -0.1) is 0 Å². The van der Waals surface area contributed by atoms with Crippen molar-refractivity contribution in [3.8, 4) is 0 Å². The predicted octanol–water partition coefficient (Wildman–Crippen LogP) is 2.37. The summed E-state index contributed by atoms with van der Waals surface area (Å²) in [4.78, 5) is 12.0. The Bertz CT molecular complexity index is 249. The molecule has 16 heavy (non-hydrogen) atoms. The summed E-state index contributed by atoms with van der Waals surface area (Å²) in [5.74, 6) is -1.10. The Hall–Kier alpha value is -0.780. The molecule has 0 heterocycles. The smallest absolute Gasteiger partial charge is 0.401 e. The van der Waals surface area contributed by atoms with Gasteiger partial charge in [0, 0.05) is 12.6 Å². The predicted molar refractivity (Wildman–Crippen MR) is 54.2 cm³/mol. The standard InChI is InChI=1S/C10H18F3NO2/c1-7(2)14(6-10(11,12)13)5-9(3,4)8(15)16/h7H,5-6H2,1-4H3,(H,15,16). The molecular weight excluding hydrogens is 223 g/mol. The van der Waals surface area contributed by atoms with Crippen LogP contribution < -0.4 is 0 Å². The van der Waals surface area contributed by atoms with E-state index < -0.39 is 24.1 Å². The summed E-state index contributed by atoms with van der Waals surface area (Å²) in [6, 6.07) is -0.347. The second-order valence-corrected chi connectivity index (χ2v) is 4.80. The summed E-state index contributed by atoms with van der Waals surface area (Å²) in [6.07, 6.45) is -4.31. The van der Waals surface area contributed by atoms with E-state index in [0.717, 1.165) is 4.90 Å². The number of carbonyl (C=O) groups is 1. The molecule has 0 unspecified atom stereocenters. The van der Waals surface area contributed by atoms with E-state index in [1.165, 1.54) is 13.8 Å². The van der Waals surface area contributed by atoms with Crippen LogP contribution in [0.3, 0.4) is 0 Å². The van der Waals surface area contributed by atoms with Gasteiger partial charge in [-0.1, -0.05) is 0 Å². The molecule has 0 aliphatic carbocycles. The number of aliphatic carboxylic acids is 1. The number of carboxylic acid groups (broad SMARTS) is 1. The molecular formula is C10H18F3NO2. The molecule has 1 N–H and O–H groups in total. The lowest BCUT2D eigenvalue weighted by atomic mass is 9.92. The van der Waals surface area contributed by atoms with Crippen LogP contribution in [0.2, 0.25) is 0 Å². The number of nitrogens with zero attached hydrogens (tertiary/aromatic N) is 1. The van der Waals surface area contributed by atoms with Crippen LogP contribution in [0.4, 0.5) is 13.2 Å². The molecule has 0 rings (SSSR count). The lowest BCUT2D eigenvalue weighted by Crippen LogP contribution is -2.46. The summed E-state index contributed by atoms with van der Waals surface area (Å²) in [5.41, 5.74) is -1.18. The van der Waals surface area contributed by atoms with Gasteiger partial charge in [0.25, 0.3) is 0 Å². The number of rotatable bonds is 5. The van der Waals surface area contributed by atoms with Crippen molar-refractivity contribution in [3.63, 3.8) is 0 Å². The normalized spacial score (nSPS) is 13.6. The van der Waals surface area contributed by atoms with E-state index in [1.807, 2.05) is 0 Å². The first kappa shape index (κ1) is 15.2. The van der Waals surface area contributed by atoms with Crippen LogP contribution in [0, 0.1) is 5.41 Å².